The molecule has 0 spiro atoms. The highest BCUT2D eigenvalue weighted by Gasteiger charge is 2.16. The van der Waals surface area contributed by atoms with Gasteiger partial charge in [-0.1, -0.05) is 17.7 Å². The number of hydrogen-bond acceptors (Lipinski definition) is 2. The number of aromatic nitrogens is 1. The van der Waals surface area contributed by atoms with Crippen molar-refractivity contribution in [3.8, 4) is 0 Å². The van der Waals surface area contributed by atoms with Crippen LogP contribution in [-0.4, -0.2) is 10.1 Å². The molecule has 2 nitrogen and oxygen atoms in total. The average Bonchev–Trinajstić information content (AvgIpc) is 2.32. The lowest BCUT2D eigenvalue weighted by Crippen LogP contribution is -2.03. The highest BCUT2D eigenvalue weighted by Crippen LogP contribution is 2.29. The van der Waals surface area contributed by atoms with E-state index < -0.39 is 6.10 Å². The number of halogens is 2. The Bertz CT molecular complexity index is 545. The van der Waals surface area contributed by atoms with Crippen LogP contribution < -0.4 is 0 Å². The van der Waals surface area contributed by atoms with Gasteiger partial charge < -0.3 is 5.11 Å². The molecule has 2 rings (SSSR count). The van der Waals surface area contributed by atoms with Gasteiger partial charge in [0.15, 0.2) is 0 Å². The summed E-state index contributed by atoms with van der Waals surface area (Å²) in [6.07, 6.45) is 2.05. The molecule has 0 amide bonds. The lowest BCUT2D eigenvalue weighted by molar-refractivity contribution is 0.219. The molecule has 0 aliphatic rings. The maximum absolute atomic E-state index is 13.2. The van der Waals surface area contributed by atoms with Gasteiger partial charge >= 0.3 is 0 Å². The largest absolute Gasteiger partial charge is 0.384 e. The van der Waals surface area contributed by atoms with Gasteiger partial charge in [-0.05, 0) is 36.2 Å². The molecular weight excluding hydrogens is 241 g/mol. The lowest BCUT2D eigenvalue weighted by atomic mass is 9.98. The number of rotatable bonds is 2. The van der Waals surface area contributed by atoms with E-state index in [-0.39, 0.29) is 5.82 Å². The fraction of sp³-hybridized carbons (Fsp3) is 0.154. The first-order valence-electron chi connectivity index (χ1n) is 5.13. The average molecular weight is 252 g/mol. The van der Waals surface area contributed by atoms with Crippen LogP contribution in [-0.2, 0) is 0 Å². The number of nitrogens with zero attached hydrogens (tertiary/aromatic N) is 1. The van der Waals surface area contributed by atoms with Crippen LogP contribution in [0.3, 0.4) is 0 Å². The molecule has 0 radical (unpaired) electrons. The number of aryl methyl sites for hydroxylation is 1. The van der Waals surface area contributed by atoms with E-state index >= 15 is 0 Å². The SMILES string of the molecule is Cc1ccc(F)cc1C(O)c1ccncc1Cl. The van der Waals surface area contributed by atoms with Crippen LogP contribution in [0.1, 0.15) is 22.8 Å². The summed E-state index contributed by atoms with van der Waals surface area (Å²) in [6.45, 7) is 1.81. The molecule has 4 heteroatoms. The van der Waals surface area contributed by atoms with Gasteiger partial charge in [-0.3, -0.25) is 4.98 Å². The van der Waals surface area contributed by atoms with Crippen LogP contribution in [0.4, 0.5) is 4.39 Å². The minimum atomic E-state index is -0.943. The predicted molar refractivity (Wildman–Crippen MR) is 64.4 cm³/mol. The molecule has 1 atom stereocenters. The third-order valence-corrected chi connectivity index (χ3v) is 2.95. The Labute approximate surface area is 104 Å². The Morgan fingerprint density at radius 1 is 1.29 bits per heavy atom. The number of benzene rings is 1. The molecule has 2 aromatic rings. The molecule has 0 aliphatic heterocycles. The van der Waals surface area contributed by atoms with Gasteiger partial charge in [0.05, 0.1) is 5.02 Å². The molecule has 1 aromatic heterocycles. The van der Waals surface area contributed by atoms with E-state index in [1.54, 1.807) is 18.3 Å². The van der Waals surface area contributed by atoms with Crippen LogP contribution in [0, 0.1) is 12.7 Å². The Hall–Kier alpha value is -1.45. The molecular formula is C13H11ClFNO. The molecule has 0 aliphatic carbocycles. The predicted octanol–water partition coefficient (Wildman–Crippen LogP) is 3.26. The van der Waals surface area contributed by atoms with Gasteiger partial charge in [-0.25, -0.2) is 4.39 Å². The second-order valence-electron chi connectivity index (χ2n) is 3.80. The van der Waals surface area contributed by atoms with Crippen molar-refractivity contribution in [2.24, 2.45) is 0 Å². The summed E-state index contributed by atoms with van der Waals surface area (Å²) in [7, 11) is 0. The summed E-state index contributed by atoms with van der Waals surface area (Å²) in [4.78, 5) is 3.84. The van der Waals surface area contributed by atoms with E-state index in [4.69, 9.17) is 11.6 Å². The fourth-order valence-electron chi connectivity index (χ4n) is 1.68. The number of aliphatic hydroxyl groups is 1. The van der Waals surface area contributed by atoms with Crippen LogP contribution >= 0.6 is 11.6 Å². The third-order valence-electron chi connectivity index (χ3n) is 2.63. The van der Waals surface area contributed by atoms with Crippen molar-refractivity contribution >= 4 is 11.6 Å². The van der Waals surface area contributed by atoms with Crippen LogP contribution in [0.5, 0.6) is 0 Å². The normalized spacial score (nSPS) is 12.5. The quantitative estimate of drug-likeness (QED) is 0.889. The number of aliphatic hydroxyl groups excluding tert-OH is 1. The van der Waals surface area contributed by atoms with Crippen LogP contribution in [0.25, 0.3) is 0 Å². The van der Waals surface area contributed by atoms with Gasteiger partial charge in [0.25, 0.3) is 0 Å². The summed E-state index contributed by atoms with van der Waals surface area (Å²) >= 11 is 5.94. The van der Waals surface area contributed by atoms with Crippen LogP contribution in [0.15, 0.2) is 36.7 Å². The molecule has 1 aromatic carbocycles. The topological polar surface area (TPSA) is 33.1 Å². The van der Waals surface area contributed by atoms with Gasteiger partial charge in [0.2, 0.25) is 0 Å². The third kappa shape index (κ3) is 2.46. The molecule has 1 N–H and O–H groups in total. The molecule has 0 bridgehead atoms. The molecule has 0 saturated carbocycles. The second kappa shape index (κ2) is 4.82. The monoisotopic (exact) mass is 251 g/mol. The summed E-state index contributed by atoms with van der Waals surface area (Å²) in [5.74, 6) is -0.380. The molecule has 1 unspecified atom stereocenters. The first kappa shape index (κ1) is 12.0. The van der Waals surface area contributed by atoms with E-state index in [0.717, 1.165) is 5.56 Å². The molecule has 17 heavy (non-hydrogen) atoms. The highest BCUT2D eigenvalue weighted by molar-refractivity contribution is 6.31. The van der Waals surface area contributed by atoms with Gasteiger partial charge in [-0.2, -0.15) is 0 Å². The first-order valence-corrected chi connectivity index (χ1v) is 5.51. The van der Waals surface area contributed by atoms with Gasteiger partial charge in [-0.15, -0.1) is 0 Å². The van der Waals surface area contributed by atoms with Crippen molar-refractivity contribution in [2.75, 3.05) is 0 Å². The Kier molecular flexibility index (Phi) is 3.41. The zero-order valence-corrected chi connectivity index (χ0v) is 9.95. The summed E-state index contributed by atoms with van der Waals surface area (Å²) in [5.41, 5.74) is 1.85. The van der Waals surface area contributed by atoms with E-state index in [0.29, 0.717) is 16.1 Å². The molecule has 88 valence electrons. The van der Waals surface area contributed by atoms with Crippen molar-refractivity contribution in [2.45, 2.75) is 13.0 Å². The van der Waals surface area contributed by atoms with E-state index in [9.17, 15) is 9.50 Å². The van der Waals surface area contributed by atoms with Crippen molar-refractivity contribution < 1.29 is 9.50 Å². The van der Waals surface area contributed by atoms with Crippen molar-refractivity contribution in [3.63, 3.8) is 0 Å². The zero-order chi connectivity index (χ0) is 12.4. The number of hydrogen-bond donors (Lipinski definition) is 1. The molecule has 0 fully saturated rings. The zero-order valence-electron chi connectivity index (χ0n) is 9.19. The minimum absolute atomic E-state index is 0.365. The van der Waals surface area contributed by atoms with Gasteiger partial charge in [0, 0.05) is 18.0 Å². The fourth-order valence-corrected chi connectivity index (χ4v) is 1.90. The van der Waals surface area contributed by atoms with E-state index in [2.05, 4.69) is 4.98 Å². The van der Waals surface area contributed by atoms with Crippen LogP contribution in [0.2, 0.25) is 5.02 Å². The first-order chi connectivity index (χ1) is 8.09. The smallest absolute Gasteiger partial charge is 0.123 e. The summed E-state index contributed by atoms with van der Waals surface area (Å²) < 4.78 is 13.2. The summed E-state index contributed by atoms with van der Waals surface area (Å²) in [6, 6.07) is 5.93. The Balaban J connectivity index is 2.47. The standard InChI is InChI=1S/C13H11ClFNO/c1-8-2-3-9(15)6-11(8)13(17)10-4-5-16-7-12(10)14/h2-7,13,17H,1H3. The highest BCUT2D eigenvalue weighted by atomic mass is 35.5. The Morgan fingerprint density at radius 3 is 2.76 bits per heavy atom. The maximum atomic E-state index is 13.2. The van der Waals surface area contributed by atoms with E-state index in [1.165, 1.54) is 18.3 Å². The lowest BCUT2D eigenvalue weighted by Gasteiger charge is -2.15. The molecule has 0 saturated heterocycles. The van der Waals surface area contributed by atoms with E-state index in [1.807, 2.05) is 6.92 Å². The Morgan fingerprint density at radius 2 is 2.06 bits per heavy atom. The van der Waals surface area contributed by atoms with Crippen molar-refractivity contribution in [1.82, 2.24) is 4.98 Å². The minimum Gasteiger partial charge on any atom is -0.384 e. The van der Waals surface area contributed by atoms with Crippen molar-refractivity contribution in [1.29, 1.82) is 0 Å². The number of pyridine rings is 1. The van der Waals surface area contributed by atoms with Crippen molar-refractivity contribution in [3.05, 3.63) is 64.2 Å². The van der Waals surface area contributed by atoms with Gasteiger partial charge in [0.1, 0.15) is 11.9 Å². The molecule has 1 heterocycles. The maximum Gasteiger partial charge on any atom is 0.123 e. The summed E-state index contributed by atoms with van der Waals surface area (Å²) in [5, 5.41) is 10.6. The second-order valence-corrected chi connectivity index (χ2v) is 4.21.